The molecule has 0 aliphatic carbocycles. The highest BCUT2D eigenvalue weighted by molar-refractivity contribution is 5.76. The zero-order valence-electron chi connectivity index (χ0n) is 12.4. The molecular formula is C15H20N4O3. The zero-order chi connectivity index (χ0) is 15.5. The van der Waals surface area contributed by atoms with Crippen molar-refractivity contribution in [2.45, 2.75) is 25.4 Å². The largest absolute Gasteiger partial charge is 0.336 e. The standard InChI is InChI=1S/C15H20N4O3/c20-15-16-6-9-18(15)13-4-7-17(8-5-13)11-12-2-1-3-14(10-12)19(21)22/h1-3,10,13H,4-9,11H2,(H,16,20). The van der Waals surface area contributed by atoms with Gasteiger partial charge < -0.3 is 10.2 Å². The van der Waals surface area contributed by atoms with Crippen molar-refractivity contribution in [3.8, 4) is 0 Å². The molecule has 7 heteroatoms. The molecule has 2 aliphatic rings. The fraction of sp³-hybridized carbons (Fsp3) is 0.533. The Morgan fingerprint density at radius 2 is 2.05 bits per heavy atom. The SMILES string of the molecule is O=C1NCCN1C1CCN(Cc2cccc([N+](=O)[O-])c2)CC1. The summed E-state index contributed by atoms with van der Waals surface area (Å²) in [6, 6.07) is 7.18. The number of nitro benzene ring substituents is 1. The van der Waals surface area contributed by atoms with Crippen LogP contribution >= 0.6 is 0 Å². The van der Waals surface area contributed by atoms with Crippen molar-refractivity contribution < 1.29 is 9.72 Å². The molecule has 7 nitrogen and oxygen atoms in total. The van der Waals surface area contributed by atoms with Gasteiger partial charge >= 0.3 is 6.03 Å². The first-order chi connectivity index (χ1) is 10.6. The van der Waals surface area contributed by atoms with Gasteiger partial charge in [0.2, 0.25) is 0 Å². The van der Waals surface area contributed by atoms with Gasteiger partial charge in [-0.3, -0.25) is 15.0 Å². The molecule has 0 bridgehead atoms. The van der Waals surface area contributed by atoms with E-state index in [0.29, 0.717) is 6.04 Å². The first-order valence-corrected chi connectivity index (χ1v) is 7.63. The molecule has 0 aromatic heterocycles. The quantitative estimate of drug-likeness (QED) is 0.676. The molecule has 3 rings (SSSR count). The molecule has 2 amide bonds. The van der Waals surface area contributed by atoms with Gasteiger partial charge in [0.1, 0.15) is 0 Å². The van der Waals surface area contributed by atoms with Crippen LogP contribution in [0.3, 0.4) is 0 Å². The smallest absolute Gasteiger partial charge is 0.317 e. The monoisotopic (exact) mass is 304 g/mol. The van der Waals surface area contributed by atoms with Crippen molar-refractivity contribution in [3.63, 3.8) is 0 Å². The summed E-state index contributed by atoms with van der Waals surface area (Å²) in [6.07, 6.45) is 1.92. The van der Waals surface area contributed by atoms with Crippen LogP contribution in [-0.2, 0) is 6.54 Å². The highest BCUT2D eigenvalue weighted by Crippen LogP contribution is 2.21. The van der Waals surface area contributed by atoms with E-state index in [1.165, 1.54) is 6.07 Å². The van der Waals surface area contributed by atoms with E-state index in [9.17, 15) is 14.9 Å². The number of rotatable bonds is 4. The number of carbonyl (C=O) groups is 1. The summed E-state index contributed by atoms with van der Waals surface area (Å²) in [6.45, 7) is 4.09. The summed E-state index contributed by atoms with van der Waals surface area (Å²) in [7, 11) is 0. The minimum absolute atomic E-state index is 0.0529. The fourth-order valence-corrected chi connectivity index (χ4v) is 3.25. The second-order valence-electron chi connectivity index (χ2n) is 5.86. The molecule has 118 valence electrons. The van der Waals surface area contributed by atoms with Crippen LogP contribution in [0.4, 0.5) is 10.5 Å². The van der Waals surface area contributed by atoms with E-state index in [4.69, 9.17) is 0 Å². The number of nitrogens with zero attached hydrogens (tertiary/aromatic N) is 3. The fourth-order valence-electron chi connectivity index (χ4n) is 3.25. The molecule has 22 heavy (non-hydrogen) atoms. The van der Waals surface area contributed by atoms with Gasteiger partial charge in [-0.2, -0.15) is 0 Å². The van der Waals surface area contributed by atoms with Gasteiger partial charge in [-0.1, -0.05) is 12.1 Å². The van der Waals surface area contributed by atoms with Crippen LogP contribution in [0, 0.1) is 10.1 Å². The third-order valence-corrected chi connectivity index (χ3v) is 4.42. The van der Waals surface area contributed by atoms with Crippen LogP contribution < -0.4 is 5.32 Å². The Hall–Kier alpha value is -2.15. The van der Waals surface area contributed by atoms with E-state index in [1.807, 2.05) is 11.0 Å². The summed E-state index contributed by atoms with van der Waals surface area (Å²) in [5.41, 5.74) is 1.10. The molecule has 2 heterocycles. The topological polar surface area (TPSA) is 78.7 Å². The maximum Gasteiger partial charge on any atom is 0.317 e. The molecule has 2 saturated heterocycles. The Labute approximate surface area is 129 Å². The average Bonchev–Trinajstić information content (AvgIpc) is 2.94. The number of carbonyl (C=O) groups excluding carboxylic acids is 1. The molecule has 0 atom stereocenters. The van der Waals surface area contributed by atoms with Crippen molar-refractivity contribution in [1.29, 1.82) is 0 Å². The summed E-state index contributed by atoms with van der Waals surface area (Å²) < 4.78 is 0. The van der Waals surface area contributed by atoms with E-state index < -0.39 is 0 Å². The number of amides is 2. The lowest BCUT2D eigenvalue weighted by Gasteiger charge is -2.36. The molecule has 0 unspecified atom stereocenters. The molecule has 0 spiro atoms. The predicted octanol–water partition coefficient (Wildman–Crippen LogP) is 1.58. The Balaban J connectivity index is 1.54. The van der Waals surface area contributed by atoms with E-state index in [2.05, 4.69) is 10.2 Å². The van der Waals surface area contributed by atoms with E-state index in [-0.39, 0.29) is 16.6 Å². The second-order valence-corrected chi connectivity index (χ2v) is 5.86. The Morgan fingerprint density at radius 3 is 2.68 bits per heavy atom. The number of nitrogens with one attached hydrogen (secondary N) is 1. The molecule has 1 aromatic rings. The number of piperidine rings is 1. The van der Waals surface area contributed by atoms with Gasteiger partial charge in [0.05, 0.1) is 4.92 Å². The van der Waals surface area contributed by atoms with Gasteiger partial charge in [-0.05, 0) is 18.4 Å². The van der Waals surface area contributed by atoms with Crippen molar-refractivity contribution in [3.05, 3.63) is 39.9 Å². The molecule has 2 fully saturated rings. The van der Waals surface area contributed by atoms with Gasteiger partial charge in [0.15, 0.2) is 0 Å². The molecular weight excluding hydrogens is 284 g/mol. The van der Waals surface area contributed by atoms with Crippen LogP contribution in [0.25, 0.3) is 0 Å². The Morgan fingerprint density at radius 1 is 1.27 bits per heavy atom. The van der Waals surface area contributed by atoms with E-state index >= 15 is 0 Å². The van der Waals surface area contributed by atoms with Crippen molar-refractivity contribution >= 4 is 11.7 Å². The number of benzene rings is 1. The van der Waals surface area contributed by atoms with E-state index in [0.717, 1.165) is 51.1 Å². The number of non-ortho nitro benzene ring substituents is 1. The van der Waals surface area contributed by atoms with E-state index in [1.54, 1.807) is 12.1 Å². The maximum atomic E-state index is 11.7. The Bertz CT molecular complexity index is 570. The van der Waals surface area contributed by atoms with Gasteiger partial charge in [-0.15, -0.1) is 0 Å². The highest BCUT2D eigenvalue weighted by Gasteiger charge is 2.30. The van der Waals surface area contributed by atoms with Crippen molar-refractivity contribution in [2.75, 3.05) is 26.2 Å². The van der Waals surface area contributed by atoms with Crippen LogP contribution in [0.15, 0.2) is 24.3 Å². The van der Waals surface area contributed by atoms with Gasteiger partial charge in [0, 0.05) is 50.9 Å². The van der Waals surface area contributed by atoms with Crippen LogP contribution in [0.2, 0.25) is 0 Å². The van der Waals surface area contributed by atoms with Gasteiger partial charge in [0.25, 0.3) is 5.69 Å². The lowest BCUT2D eigenvalue weighted by molar-refractivity contribution is -0.384. The third-order valence-electron chi connectivity index (χ3n) is 4.42. The third kappa shape index (κ3) is 3.19. The van der Waals surface area contributed by atoms with Crippen LogP contribution in [0.1, 0.15) is 18.4 Å². The number of hydrogen-bond donors (Lipinski definition) is 1. The summed E-state index contributed by atoms with van der Waals surface area (Å²) in [5.74, 6) is 0. The number of urea groups is 1. The minimum atomic E-state index is -0.359. The summed E-state index contributed by atoms with van der Waals surface area (Å²) >= 11 is 0. The first-order valence-electron chi connectivity index (χ1n) is 7.63. The second kappa shape index (κ2) is 6.31. The molecule has 0 radical (unpaired) electrons. The molecule has 2 aliphatic heterocycles. The van der Waals surface area contributed by atoms with Crippen molar-refractivity contribution in [1.82, 2.24) is 15.1 Å². The summed E-state index contributed by atoms with van der Waals surface area (Å²) in [4.78, 5) is 26.4. The van der Waals surface area contributed by atoms with Crippen molar-refractivity contribution in [2.24, 2.45) is 0 Å². The molecule has 1 N–H and O–H groups in total. The Kier molecular flexibility index (Phi) is 4.24. The minimum Gasteiger partial charge on any atom is -0.336 e. The maximum absolute atomic E-state index is 11.7. The summed E-state index contributed by atoms with van der Waals surface area (Å²) in [5, 5.41) is 13.7. The van der Waals surface area contributed by atoms with Crippen LogP contribution in [0.5, 0.6) is 0 Å². The van der Waals surface area contributed by atoms with Crippen LogP contribution in [-0.4, -0.2) is 53.0 Å². The lowest BCUT2D eigenvalue weighted by Crippen LogP contribution is -2.45. The number of likely N-dealkylation sites (tertiary alicyclic amines) is 1. The average molecular weight is 304 g/mol. The van der Waals surface area contributed by atoms with Gasteiger partial charge in [-0.25, -0.2) is 4.79 Å². The lowest BCUT2D eigenvalue weighted by atomic mass is 10.0. The normalized spacial score (nSPS) is 20.2. The predicted molar refractivity (Wildman–Crippen MR) is 81.5 cm³/mol. The molecule has 0 saturated carbocycles. The highest BCUT2D eigenvalue weighted by atomic mass is 16.6. The zero-order valence-corrected chi connectivity index (χ0v) is 12.4. The number of nitro groups is 1. The first kappa shape index (κ1) is 14.8. The number of hydrogen-bond acceptors (Lipinski definition) is 4. The molecule has 1 aromatic carbocycles.